The van der Waals surface area contributed by atoms with E-state index in [2.05, 4.69) is 4.74 Å². The van der Waals surface area contributed by atoms with Gasteiger partial charge in [0.2, 0.25) is 0 Å². The molecule has 0 aliphatic carbocycles. The van der Waals surface area contributed by atoms with Crippen LogP contribution in [0.15, 0.2) is 17.5 Å². The molecule has 1 rings (SSSR count). The van der Waals surface area contributed by atoms with Crippen molar-refractivity contribution in [3.63, 3.8) is 0 Å². The van der Waals surface area contributed by atoms with Crippen molar-refractivity contribution in [2.45, 2.75) is 20.3 Å². The van der Waals surface area contributed by atoms with Gasteiger partial charge in [-0.2, -0.15) is 0 Å². The minimum Gasteiger partial charge on any atom is -0.469 e. The van der Waals surface area contributed by atoms with E-state index in [1.54, 1.807) is 11.0 Å². The van der Waals surface area contributed by atoms with Gasteiger partial charge in [-0.15, -0.1) is 11.3 Å². The van der Waals surface area contributed by atoms with Crippen molar-refractivity contribution >= 4 is 23.2 Å². The maximum atomic E-state index is 12.2. The zero-order chi connectivity index (χ0) is 13.5. The first kappa shape index (κ1) is 14.7. The van der Waals surface area contributed by atoms with Crippen molar-refractivity contribution in [2.24, 2.45) is 5.92 Å². The highest BCUT2D eigenvalue weighted by atomic mass is 32.1. The lowest BCUT2D eigenvalue weighted by molar-refractivity contribution is -0.140. The largest absolute Gasteiger partial charge is 0.469 e. The monoisotopic (exact) mass is 269 g/mol. The van der Waals surface area contributed by atoms with E-state index in [9.17, 15) is 9.59 Å². The van der Waals surface area contributed by atoms with Gasteiger partial charge >= 0.3 is 5.97 Å². The summed E-state index contributed by atoms with van der Waals surface area (Å²) in [7, 11) is 1.36. The molecule has 0 saturated carbocycles. The first-order valence-electron chi connectivity index (χ1n) is 5.94. The van der Waals surface area contributed by atoms with Crippen molar-refractivity contribution < 1.29 is 14.3 Å². The highest BCUT2D eigenvalue weighted by Crippen LogP contribution is 2.13. The number of hydrogen-bond acceptors (Lipinski definition) is 4. The number of rotatable bonds is 6. The second-order valence-corrected chi connectivity index (χ2v) is 5.40. The summed E-state index contributed by atoms with van der Waals surface area (Å²) in [5.41, 5.74) is 0. The van der Waals surface area contributed by atoms with Crippen molar-refractivity contribution in [1.29, 1.82) is 0 Å². The Morgan fingerprint density at radius 3 is 2.67 bits per heavy atom. The zero-order valence-corrected chi connectivity index (χ0v) is 11.8. The second kappa shape index (κ2) is 7.16. The van der Waals surface area contributed by atoms with Crippen LogP contribution in [0.25, 0.3) is 0 Å². The fourth-order valence-electron chi connectivity index (χ4n) is 1.60. The number of esters is 1. The Labute approximate surface area is 112 Å². The summed E-state index contributed by atoms with van der Waals surface area (Å²) in [6, 6.07) is 3.66. The Morgan fingerprint density at radius 1 is 1.44 bits per heavy atom. The Hall–Kier alpha value is -1.36. The molecule has 1 amide bonds. The van der Waals surface area contributed by atoms with E-state index < -0.39 is 0 Å². The molecule has 5 heteroatoms. The zero-order valence-electron chi connectivity index (χ0n) is 11.0. The predicted octanol–water partition coefficient (Wildman–Crippen LogP) is 2.41. The van der Waals surface area contributed by atoms with Gasteiger partial charge in [0.1, 0.15) is 0 Å². The quantitative estimate of drug-likeness (QED) is 0.745. The summed E-state index contributed by atoms with van der Waals surface area (Å²) in [6.45, 7) is 5.15. The fourth-order valence-corrected chi connectivity index (χ4v) is 2.29. The third-order valence-corrected chi connectivity index (χ3v) is 3.28. The third-order valence-electron chi connectivity index (χ3n) is 2.42. The molecule has 1 aromatic heterocycles. The molecular formula is C13H19NO3S. The highest BCUT2D eigenvalue weighted by Gasteiger charge is 2.18. The molecule has 0 unspecified atom stereocenters. The van der Waals surface area contributed by atoms with Crippen LogP contribution in [0.5, 0.6) is 0 Å². The molecule has 0 aliphatic rings. The van der Waals surface area contributed by atoms with Crippen LogP contribution in [-0.4, -0.2) is 37.0 Å². The SMILES string of the molecule is COC(=O)CCN(CC(C)C)C(=O)c1cccs1. The van der Waals surface area contributed by atoms with E-state index in [0.717, 1.165) is 0 Å². The molecule has 4 nitrogen and oxygen atoms in total. The molecule has 0 spiro atoms. The van der Waals surface area contributed by atoms with Crippen LogP contribution in [-0.2, 0) is 9.53 Å². The van der Waals surface area contributed by atoms with Gasteiger partial charge in [-0.1, -0.05) is 19.9 Å². The first-order chi connectivity index (χ1) is 8.54. The van der Waals surface area contributed by atoms with Gasteiger partial charge in [0.25, 0.3) is 5.91 Å². The number of methoxy groups -OCH3 is 1. The van der Waals surface area contributed by atoms with Gasteiger partial charge in [-0.25, -0.2) is 0 Å². The Balaban J connectivity index is 2.65. The highest BCUT2D eigenvalue weighted by molar-refractivity contribution is 7.12. The second-order valence-electron chi connectivity index (χ2n) is 4.45. The van der Waals surface area contributed by atoms with E-state index >= 15 is 0 Å². The van der Waals surface area contributed by atoms with Crippen molar-refractivity contribution in [1.82, 2.24) is 4.90 Å². The summed E-state index contributed by atoms with van der Waals surface area (Å²) in [5, 5.41) is 1.88. The van der Waals surface area contributed by atoms with Crippen molar-refractivity contribution in [3.8, 4) is 0 Å². The average Bonchev–Trinajstić information content (AvgIpc) is 2.86. The van der Waals surface area contributed by atoms with Crippen LogP contribution in [0.2, 0.25) is 0 Å². The van der Waals surface area contributed by atoms with Gasteiger partial charge < -0.3 is 9.64 Å². The van der Waals surface area contributed by atoms with Crippen LogP contribution in [0, 0.1) is 5.92 Å². The third kappa shape index (κ3) is 4.49. The smallest absolute Gasteiger partial charge is 0.307 e. The van der Waals surface area contributed by atoms with Crippen LogP contribution >= 0.6 is 11.3 Å². The van der Waals surface area contributed by atoms with Gasteiger partial charge in [0, 0.05) is 13.1 Å². The fraction of sp³-hybridized carbons (Fsp3) is 0.538. The predicted molar refractivity (Wildman–Crippen MR) is 71.7 cm³/mol. The van der Waals surface area contributed by atoms with Gasteiger partial charge in [-0.3, -0.25) is 9.59 Å². The van der Waals surface area contributed by atoms with Crippen LogP contribution in [0.1, 0.15) is 29.9 Å². The number of carbonyl (C=O) groups excluding carboxylic acids is 2. The van der Waals surface area contributed by atoms with E-state index in [4.69, 9.17) is 0 Å². The Morgan fingerprint density at radius 2 is 2.17 bits per heavy atom. The molecular weight excluding hydrogens is 250 g/mol. The number of thiophene rings is 1. The van der Waals surface area contributed by atoms with Crippen LogP contribution in [0.4, 0.5) is 0 Å². The minimum atomic E-state index is -0.289. The molecule has 1 aromatic rings. The van der Waals surface area contributed by atoms with E-state index in [-0.39, 0.29) is 18.3 Å². The maximum absolute atomic E-state index is 12.2. The van der Waals surface area contributed by atoms with Crippen molar-refractivity contribution in [2.75, 3.05) is 20.2 Å². The van der Waals surface area contributed by atoms with Crippen LogP contribution < -0.4 is 0 Å². The number of nitrogens with zero attached hydrogens (tertiary/aromatic N) is 1. The molecule has 1 heterocycles. The summed E-state index contributed by atoms with van der Waals surface area (Å²) in [4.78, 5) is 25.8. The van der Waals surface area contributed by atoms with Crippen molar-refractivity contribution in [3.05, 3.63) is 22.4 Å². The van der Waals surface area contributed by atoms with E-state index in [0.29, 0.717) is 23.9 Å². The molecule has 0 radical (unpaired) electrons. The Bertz CT molecular complexity index is 387. The lowest BCUT2D eigenvalue weighted by Crippen LogP contribution is -2.35. The molecule has 0 bridgehead atoms. The standard InChI is InChI=1S/C13H19NO3S/c1-10(2)9-14(7-6-12(15)17-3)13(16)11-5-4-8-18-11/h4-5,8,10H,6-7,9H2,1-3H3. The van der Waals surface area contributed by atoms with E-state index in [1.807, 2.05) is 25.3 Å². The molecule has 18 heavy (non-hydrogen) atoms. The van der Waals surface area contributed by atoms with Gasteiger partial charge in [0.15, 0.2) is 0 Å². The summed E-state index contributed by atoms with van der Waals surface area (Å²) in [5.74, 6) is 0.0666. The average molecular weight is 269 g/mol. The first-order valence-corrected chi connectivity index (χ1v) is 6.82. The lowest BCUT2D eigenvalue weighted by Gasteiger charge is -2.23. The summed E-state index contributed by atoms with van der Waals surface area (Å²) >= 11 is 1.42. The normalized spacial score (nSPS) is 10.4. The molecule has 0 fully saturated rings. The minimum absolute atomic E-state index is 0.0115. The maximum Gasteiger partial charge on any atom is 0.307 e. The van der Waals surface area contributed by atoms with Gasteiger partial charge in [-0.05, 0) is 17.4 Å². The Kier molecular flexibility index (Phi) is 5.85. The topological polar surface area (TPSA) is 46.6 Å². The molecule has 0 aromatic carbocycles. The molecule has 0 atom stereocenters. The van der Waals surface area contributed by atoms with Gasteiger partial charge in [0.05, 0.1) is 18.4 Å². The molecule has 0 saturated heterocycles. The lowest BCUT2D eigenvalue weighted by atomic mass is 10.2. The number of amides is 1. The number of hydrogen-bond donors (Lipinski definition) is 0. The number of carbonyl (C=O) groups is 2. The summed E-state index contributed by atoms with van der Waals surface area (Å²) in [6.07, 6.45) is 0.236. The van der Waals surface area contributed by atoms with Crippen LogP contribution in [0.3, 0.4) is 0 Å². The molecule has 100 valence electrons. The molecule has 0 aliphatic heterocycles. The summed E-state index contributed by atoms with van der Waals surface area (Å²) < 4.78 is 4.60. The van der Waals surface area contributed by atoms with E-state index in [1.165, 1.54) is 18.4 Å². The molecule has 0 N–H and O–H groups in total. The number of ether oxygens (including phenoxy) is 1.